The van der Waals surface area contributed by atoms with Crippen molar-refractivity contribution in [3.05, 3.63) is 64.1 Å². The predicted molar refractivity (Wildman–Crippen MR) is 69.9 cm³/mol. The van der Waals surface area contributed by atoms with E-state index in [1.54, 1.807) is 12.1 Å². The first-order valence-corrected chi connectivity index (χ1v) is 6.30. The predicted octanol–water partition coefficient (Wildman–Crippen LogP) is 5.05. The molecule has 0 spiro atoms. The van der Waals surface area contributed by atoms with Crippen LogP contribution in [0.25, 0.3) is 0 Å². The number of hydrogen-bond acceptors (Lipinski definition) is 1. The van der Waals surface area contributed by atoms with Gasteiger partial charge in [-0.25, -0.2) is 0 Å². The third kappa shape index (κ3) is 3.50. The average molecular weight is 331 g/mol. The molecule has 0 atom stereocenters. The largest absolute Gasteiger partial charge is 0.488 e. The third-order valence-electron chi connectivity index (χ3n) is 2.53. The van der Waals surface area contributed by atoms with Gasteiger partial charge in [0.2, 0.25) is 0 Å². The minimum atomic E-state index is -4.41. The summed E-state index contributed by atoms with van der Waals surface area (Å²) in [6, 6.07) is 12.4. The molecular formula is C14H10BrF3O. The molecule has 2 rings (SSSR count). The van der Waals surface area contributed by atoms with Crippen LogP contribution in [0.4, 0.5) is 13.2 Å². The Labute approximate surface area is 117 Å². The summed E-state index contributed by atoms with van der Waals surface area (Å²) >= 11 is 3.33. The first-order chi connectivity index (χ1) is 8.98. The van der Waals surface area contributed by atoms with Crippen LogP contribution in [0.2, 0.25) is 0 Å². The van der Waals surface area contributed by atoms with E-state index in [9.17, 15) is 13.2 Å². The zero-order valence-electron chi connectivity index (χ0n) is 9.75. The molecular weight excluding hydrogens is 321 g/mol. The number of alkyl halides is 3. The van der Waals surface area contributed by atoms with Crippen LogP contribution < -0.4 is 4.74 Å². The van der Waals surface area contributed by atoms with Crippen molar-refractivity contribution in [3.8, 4) is 5.75 Å². The van der Waals surface area contributed by atoms with Crippen LogP contribution >= 0.6 is 15.9 Å². The van der Waals surface area contributed by atoms with E-state index in [0.717, 1.165) is 16.1 Å². The Hall–Kier alpha value is -1.49. The molecule has 0 radical (unpaired) electrons. The summed E-state index contributed by atoms with van der Waals surface area (Å²) < 4.78 is 44.4. The first-order valence-electron chi connectivity index (χ1n) is 5.51. The molecule has 0 aliphatic carbocycles. The van der Waals surface area contributed by atoms with Crippen LogP contribution in [0.1, 0.15) is 11.1 Å². The summed E-state index contributed by atoms with van der Waals surface area (Å²) in [5.74, 6) is -0.161. The van der Waals surface area contributed by atoms with Crippen LogP contribution in [-0.4, -0.2) is 0 Å². The van der Waals surface area contributed by atoms with E-state index in [1.165, 1.54) is 18.2 Å². The van der Waals surface area contributed by atoms with E-state index in [4.69, 9.17) is 4.74 Å². The number of rotatable bonds is 3. The van der Waals surface area contributed by atoms with Gasteiger partial charge in [0.15, 0.2) is 0 Å². The Morgan fingerprint density at radius 2 is 1.58 bits per heavy atom. The molecule has 19 heavy (non-hydrogen) atoms. The zero-order valence-corrected chi connectivity index (χ0v) is 11.3. The Morgan fingerprint density at radius 1 is 0.947 bits per heavy atom. The minimum Gasteiger partial charge on any atom is -0.488 e. The molecule has 0 fully saturated rings. The maximum Gasteiger partial charge on any atom is 0.419 e. The highest BCUT2D eigenvalue weighted by Gasteiger charge is 2.33. The topological polar surface area (TPSA) is 9.23 Å². The molecule has 0 amide bonds. The second kappa shape index (κ2) is 5.65. The molecule has 0 aromatic heterocycles. The fraction of sp³-hybridized carbons (Fsp3) is 0.143. The molecule has 5 heteroatoms. The standard InChI is InChI=1S/C14H10BrF3O/c15-12-7-3-1-5-10(12)9-19-13-8-4-2-6-11(13)14(16,17)18/h1-8H,9H2. The van der Waals surface area contributed by atoms with Gasteiger partial charge in [0.25, 0.3) is 0 Å². The number of benzene rings is 2. The van der Waals surface area contributed by atoms with Crippen LogP contribution in [0, 0.1) is 0 Å². The van der Waals surface area contributed by atoms with E-state index in [0.29, 0.717) is 0 Å². The van der Waals surface area contributed by atoms with Crippen LogP contribution in [0.3, 0.4) is 0 Å². The van der Waals surface area contributed by atoms with Crippen LogP contribution in [0.5, 0.6) is 5.75 Å². The van der Waals surface area contributed by atoms with Gasteiger partial charge in [-0.2, -0.15) is 13.2 Å². The Kier molecular flexibility index (Phi) is 4.14. The van der Waals surface area contributed by atoms with Gasteiger partial charge < -0.3 is 4.74 Å². The molecule has 0 saturated carbocycles. The van der Waals surface area contributed by atoms with E-state index < -0.39 is 11.7 Å². The van der Waals surface area contributed by atoms with Gasteiger partial charge in [0.05, 0.1) is 5.56 Å². The highest BCUT2D eigenvalue weighted by Crippen LogP contribution is 2.36. The lowest BCUT2D eigenvalue weighted by molar-refractivity contribution is -0.139. The molecule has 2 aromatic rings. The van der Waals surface area contributed by atoms with Gasteiger partial charge in [0.1, 0.15) is 12.4 Å². The van der Waals surface area contributed by atoms with Crippen molar-refractivity contribution in [2.75, 3.05) is 0 Å². The van der Waals surface area contributed by atoms with Gasteiger partial charge in [0, 0.05) is 10.0 Å². The van der Waals surface area contributed by atoms with E-state index in [-0.39, 0.29) is 12.4 Å². The number of hydrogen-bond donors (Lipinski definition) is 0. The maximum absolute atomic E-state index is 12.8. The quantitative estimate of drug-likeness (QED) is 0.765. The van der Waals surface area contributed by atoms with E-state index in [2.05, 4.69) is 15.9 Å². The summed E-state index contributed by atoms with van der Waals surface area (Å²) in [6.45, 7) is 0.0779. The lowest BCUT2D eigenvalue weighted by Gasteiger charge is -2.14. The molecule has 0 aliphatic rings. The van der Waals surface area contributed by atoms with Crippen LogP contribution in [-0.2, 0) is 12.8 Å². The second-order valence-electron chi connectivity index (χ2n) is 3.87. The van der Waals surface area contributed by atoms with Crippen LogP contribution in [0.15, 0.2) is 53.0 Å². The van der Waals surface area contributed by atoms with E-state index in [1.807, 2.05) is 12.1 Å². The summed E-state index contributed by atoms with van der Waals surface area (Å²) in [6.07, 6.45) is -4.41. The summed E-state index contributed by atoms with van der Waals surface area (Å²) in [5.41, 5.74) is 0.0292. The molecule has 100 valence electrons. The fourth-order valence-corrected chi connectivity index (χ4v) is 2.00. The van der Waals surface area contributed by atoms with E-state index >= 15 is 0 Å². The Bertz CT molecular complexity index is 567. The third-order valence-corrected chi connectivity index (χ3v) is 3.31. The highest BCUT2D eigenvalue weighted by molar-refractivity contribution is 9.10. The monoisotopic (exact) mass is 330 g/mol. The van der Waals surface area contributed by atoms with Gasteiger partial charge >= 0.3 is 6.18 Å². The molecule has 0 N–H and O–H groups in total. The first kappa shape index (κ1) is 13.9. The summed E-state index contributed by atoms with van der Waals surface area (Å²) in [7, 11) is 0. The average Bonchev–Trinajstić information content (AvgIpc) is 2.37. The molecule has 1 nitrogen and oxygen atoms in total. The number of ether oxygens (including phenoxy) is 1. The van der Waals surface area contributed by atoms with Crippen molar-refractivity contribution in [2.45, 2.75) is 12.8 Å². The van der Waals surface area contributed by atoms with Crippen molar-refractivity contribution in [1.29, 1.82) is 0 Å². The molecule has 0 unspecified atom stereocenters. The van der Waals surface area contributed by atoms with Crippen molar-refractivity contribution in [3.63, 3.8) is 0 Å². The van der Waals surface area contributed by atoms with Crippen molar-refractivity contribution < 1.29 is 17.9 Å². The smallest absolute Gasteiger partial charge is 0.419 e. The lowest BCUT2D eigenvalue weighted by atomic mass is 10.2. The number of halogens is 4. The minimum absolute atomic E-state index is 0.0779. The Morgan fingerprint density at radius 3 is 2.26 bits per heavy atom. The SMILES string of the molecule is FC(F)(F)c1ccccc1OCc1ccccc1Br. The van der Waals surface area contributed by atoms with Crippen molar-refractivity contribution in [2.24, 2.45) is 0 Å². The highest BCUT2D eigenvalue weighted by atomic mass is 79.9. The zero-order chi connectivity index (χ0) is 13.9. The maximum atomic E-state index is 12.8. The summed E-state index contributed by atoms with van der Waals surface area (Å²) in [4.78, 5) is 0. The normalized spacial score (nSPS) is 11.4. The van der Waals surface area contributed by atoms with Gasteiger partial charge in [-0.05, 0) is 18.2 Å². The molecule has 0 heterocycles. The van der Waals surface area contributed by atoms with Crippen molar-refractivity contribution in [1.82, 2.24) is 0 Å². The Balaban J connectivity index is 2.19. The fourth-order valence-electron chi connectivity index (χ4n) is 1.60. The molecule has 0 saturated heterocycles. The summed E-state index contributed by atoms with van der Waals surface area (Å²) in [5, 5.41) is 0. The molecule has 0 bridgehead atoms. The molecule has 2 aromatic carbocycles. The van der Waals surface area contributed by atoms with Gasteiger partial charge in [-0.1, -0.05) is 46.3 Å². The lowest BCUT2D eigenvalue weighted by Crippen LogP contribution is -2.08. The van der Waals surface area contributed by atoms with Crippen molar-refractivity contribution >= 4 is 15.9 Å². The second-order valence-corrected chi connectivity index (χ2v) is 4.73. The molecule has 0 aliphatic heterocycles. The van der Waals surface area contributed by atoms with Gasteiger partial charge in [-0.15, -0.1) is 0 Å². The number of para-hydroxylation sites is 1. The van der Waals surface area contributed by atoms with Gasteiger partial charge in [-0.3, -0.25) is 0 Å².